The van der Waals surface area contributed by atoms with Gasteiger partial charge in [0.05, 0.1) is 33.4 Å². The zero-order valence-corrected chi connectivity index (χ0v) is 25.3. The lowest BCUT2D eigenvalue weighted by Gasteiger charge is -2.12. The molecule has 4 heteroatoms. The van der Waals surface area contributed by atoms with Crippen LogP contribution in [0.3, 0.4) is 0 Å². The summed E-state index contributed by atoms with van der Waals surface area (Å²) in [6.45, 7) is 0. The molecule has 9 aromatic rings. The molecule has 0 radical (unpaired) electrons. The van der Waals surface area contributed by atoms with Crippen molar-refractivity contribution >= 4 is 32.8 Å². The van der Waals surface area contributed by atoms with Gasteiger partial charge in [0, 0.05) is 27.6 Å². The molecule has 0 fully saturated rings. The zero-order chi connectivity index (χ0) is 31.2. The Morgan fingerprint density at radius 1 is 0.404 bits per heavy atom. The number of hydrogen-bond donors (Lipinski definition) is 0. The lowest BCUT2D eigenvalue weighted by molar-refractivity contribution is 0.672. The number of furan rings is 1. The molecule has 0 spiro atoms. The number of hydrogen-bond acceptors (Lipinski definition) is 4. The highest BCUT2D eigenvalue weighted by atomic mass is 16.3. The van der Waals surface area contributed by atoms with Crippen LogP contribution in [-0.2, 0) is 0 Å². The maximum atomic E-state index is 6.67. The van der Waals surface area contributed by atoms with Crippen LogP contribution in [0.15, 0.2) is 168 Å². The summed E-state index contributed by atoms with van der Waals surface area (Å²) >= 11 is 0. The van der Waals surface area contributed by atoms with Gasteiger partial charge in [0.2, 0.25) is 0 Å². The molecular weight excluding hydrogens is 574 g/mol. The van der Waals surface area contributed by atoms with Gasteiger partial charge in [0.25, 0.3) is 0 Å². The van der Waals surface area contributed by atoms with Crippen LogP contribution in [0, 0.1) is 0 Å². The second-order valence-electron chi connectivity index (χ2n) is 11.6. The van der Waals surface area contributed by atoms with Crippen molar-refractivity contribution in [3.63, 3.8) is 0 Å². The maximum absolute atomic E-state index is 6.67. The van der Waals surface area contributed by atoms with Gasteiger partial charge < -0.3 is 4.42 Å². The first kappa shape index (κ1) is 27.0. The Labute approximate surface area is 271 Å². The number of benzene rings is 6. The first-order chi connectivity index (χ1) is 23.3. The molecule has 0 saturated heterocycles. The average Bonchev–Trinajstić information content (AvgIpc) is 3.55. The van der Waals surface area contributed by atoms with E-state index in [1.54, 1.807) is 0 Å². The molecule has 3 heterocycles. The highest BCUT2D eigenvalue weighted by Crippen LogP contribution is 2.43. The van der Waals surface area contributed by atoms with Crippen LogP contribution in [0.2, 0.25) is 0 Å². The predicted molar refractivity (Wildman–Crippen MR) is 192 cm³/mol. The number of nitrogens with zero attached hydrogens (tertiary/aromatic N) is 3. The average molecular weight is 602 g/mol. The number of para-hydroxylation sites is 1. The summed E-state index contributed by atoms with van der Waals surface area (Å²) in [7, 11) is 0. The van der Waals surface area contributed by atoms with Crippen molar-refractivity contribution in [2.45, 2.75) is 0 Å². The van der Waals surface area contributed by atoms with Crippen molar-refractivity contribution < 1.29 is 4.42 Å². The number of pyridine rings is 1. The van der Waals surface area contributed by atoms with Gasteiger partial charge in [-0.3, -0.25) is 0 Å². The monoisotopic (exact) mass is 601 g/mol. The molecule has 0 bridgehead atoms. The van der Waals surface area contributed by atoms with Crippen molar-refractivity contribution in [3.8, 4) is 56.3 Å². The van der Waals surface area contributed by atoms with Gasteiger partial charge in [-0.05, 0) is 35.4 Å². The van der Waals surface area contributed by atoms with Crippen molar-refractivity contribution in [1.82, 2.24) is 15.0 Å². The second kappa shape index (κ2) is 11.2. The molecule has 3 aromatic heterocycles. The molecule has 4 nitrogen and oxygen atoms in total. The van der Waals surface area contributed by atoms with E-state index in [0.717, 1.165) is 83.3 Å². The SMILES string of the molecule is c1ccc(-c2cc(-c3ccccc3)nc(-c3cccc(-c4nc5cccc(-c6ccccc6)c5c5oc6ccccc6c45)c3)n2)cc1. The van der Waals surface area contributed by atoms with Gasteiger partial charge in [-0.25, -0.2) is 15.0 Å². The smallest absolute Gasteiger partial charge is 0.160 e. The Kier molecular flexibility index (Phi) is 6.43. The molecule has 0 atom stereocenters. The summed E-state index contributed by atoms with van der Waals surface area (Å²) in [6, 6.07) is 55.9. The Morgan fingerprint density at radius 2 is 0.979 bits per heavy atom. The largest absolute Gasteiger partial charge is 0.455 e. The molecule has 0 unspecified atom stereocenters. The van der Waals surface area contributed by atoms with E-state index in [2.05, 4.69) is 109 Å². The van der Waals surface area contributed by atoms with Gasteiger partial charge >= 0.3 is 0 Å². The van der Waals surface area contributed by atoms with Crippen LogP contribution in [-0.4, -0.2) is 15.0 Å². The normalized spacial score (nSPS) is 11.4. The fourth-order valence-corrected chi connectivity index (χ4v) is 6.47. The molecule has 0 saturated carbocycles. The van der Waals surface area contributed by atoms with Crippen LogP contribution in [0.4, 0.5) is 0 Å². The minimum Gasteiger partial charge on any atom is -0.455 e. The zero-order valence-electron chi connectivity index (χ0n) is 25.3. The minimum absolute atomic E-state index is 0.660. The maximum Gasteiger partial charge on any atom is 0.160 e. The molecular formula is C43H27N3O. The minimum atomic E-state index is 0.660. The highest BCUT2D eigenvalue weighted by molar-refractivity contribution is 6.22. The number of rotatable bonds is 5. The Bertz CT molecular complexity index is 2500. The third-order valence-electron chi connectivity index (χ3n) is 8.68. The third-order valence-corrected chi connectivity index (χ3v) is 8.68. The summed E-state index contributed by atoms with van der Waals surface area (Å²) in [6.07, 6.45) is 0. The van der Waals surface area contributed by atoms with Gasteiger partial charge in [0.1, 0.15) is 11.2 Å². The Balaban J connectivity index is 1.28. The van der Waals surface area contributed by atoms with Crippen LogP contribution >= 0.6 is 0 Å². The van der Waals surface area contributed by atoms with Crippen LogP contribution in [0.5, 0.6) is 0 Å². The molecule has 0 aliphatic carbocycles. The standard InChI is InChI=1S/C43H27N3O/c1-4-14-28(15-5-1)33-23-13-24-35-39(33)42-40(34-22-10-11-25-38(34)47-42)41(44-35)31-20-12-21-32(26-31)43-45-36(29-16-6-2-7-17-29)27-37(46-43)30-18-8-3-9-19-30/h1-27H. The van der Waals surface area contributed by atoms with E-state index in [4.69, 9.17) is 19.4 Å². The van der Waals surface area contributed by atoms with Crippen LogP contribution in [0.25, 0.3) is 89.1 Å². The van der Waals surface area contributed by atoms with Crippen molar-refractivity contribution in [3.05, 3.63) is 164 Å². The second-order valence-corrected chi connectivity index (χ2v) is 11.6. The summed E-state index contributed by atoms with van der Waals surface area (Å²) in [5.41, 5.74) is 11.4. The molecule has 0 aliphatic rings. The predicted octanol–water partition coefficient (Wildman–Crippen LogP) is 11.3. The molecule has 0 aliphatic heterocycles. The molecule has 6 aromatic carbocycles. The van der Waals surface area contributed by atoms with Gasteiger partial charge in [-0.1, -0.05) is 140 Å². The van der Waals surface area contributed by atoms with E-state index in [1.807, 2.05) is 54.6 Å². The van der Waals surface area contributed by atoms with Crippen LogP contribution < -0.4 is 0 Å². The Morgan fingerprint density at radius 3 is 1.68 bits per heavy atom. The topological polar surface area (TPSA) is 51.8 Å². The quantitative estimate of drug-likeness (QED) is 0.197. The van der Waals surface area contributed by atoms with E-state index in [9.17, 15) is 0 Å². The fourth-order valence-electron chi connectivity index (χ4n) is 6.47. The number of fused-ring (bicyclic) bond motifs is 5. The molecule has 220 valence electrons. The summed E-state index contributed by atoms with van der Waals surface area (Å²) in [4.78, 5) is 15.5. The van der Waals surface area contributed by atoms with E-state index in [-0.39, 0.29) is 0 Å². The van der Waals surface area contributed by atoms with Gasteiger partial charge in [-0.2, -0.15) is 0 Å². The van der Waals surface area contributed by atoms with E-state index in [0.29, 0.717) is 5.82 Å². The number of aromatic nitrogens is 3. The van der Waals surface area contributed by atoms with E-state index >= 15 is 0 Å². The van der Waals surface area contributed by atoms with E-state index in [1.165, 1.54) is 0 Å². The first-order valence-electron chi connectivity index (χ1n) is 15.7. The van der Waals surface area contributed by atoms with Gasteiger partial charge in [0.15, 0.2) is 5.82 Å². The van der Waals surface area contributed by atoms with E-state index < -0.39 is 0 Å². The third kappa shape index (κ3) is 4.75. The van der Waals surface area contributed by atoms with Crippen molar-refractivity contribution in [1.29, 1.82) is 0 Å². The molecule has 9 rings (SSSR count). The fraction of sp³-hybridized carbons (Fsp3) is 0. The summed E-state index contributed by atoms with van der Waals surface area (Å²) in [5.74, 6) is 0.660. The highest BCUT2D eigenvalue weighted by Gasteiger charge is 2.21. The summed E-state index contributed by atoms with van der Waals surface area (Å²) in [5, 5.41) is 3.04. The first-order valence-corrected chi connectivity index (χ1v) is 15.7. The van der Waals surface area contributed by atoms with Crippen LogP contribution in [0.1, 0.15) is 0 Å². The van der Waals surface area contributed by atoms with Crippen molar-refractivity contribution in [2.24, 2.45) is 0 Å². The molecule has 0 N–H and O–H groups in total. The van der Waals surface area contributed by atoms with Crippen molar-refractivity contribution in [2.75, 3.05) is 0 Å². The summed E-state index contributed by atoms with van der Waals surface area (Å²) < 4.78 is 6.67. The lowest BCUT2D eigenvalue weighted by Crippen LogP contribution is -1.96. The Hall–Kier alpha value is -6.39. The molecule has 47 heavy (non-hydrogen) atoms. The van der Waals surface area contributed by atoms with Gasteiger partial charge in [-0.15, -0.1) is 0 Å². The molecule has 0 amide bonds. The lowest BCUT2D eigenvalue weighted by atomic mass is 9.96.